The summed E-state index contributed by atoms with van der Waals surface area (Å²) in [7, 11) is 3.38. The van der Waals surface area contributed by atoms with E-state index in [9.17, 15) is 4.79 Å². The summed E-state index contributed by atoms with van der Waals surface area (Å²) in [5.74, 6) is 4.70. The molecule has 1 heterocycles. The molecule has 1 fully saturated rings. The first-order valence-electron chi connectivity index (χ1n) is 12.7. The summed E-state index contributed by atoms with van der Waals surface area (Å²) < 4.78 is 10.5. The third kappa shape index (κ3) is 7.26. The third-order valence-electron chi connectivity index (χ3n) is 7.03. The van der Waals surface area contributed by atoms with Crippen molar-refractivity contribution in [3.05, 3.63) is 95.6 Å². The van der Waals surface area contributed by atoms with E-state index in [0.717, 1.165) is 35.2 Å². The monoisotopic (exact) mass is 535 g/mol. The first-order chi connectivity index (χ1) is 17.9. The van der Waals surface area contributed by atoms with Gasteiger partial charge in [0.25, 0.3) is 0 Å². The number of carbonyl (C=O) groups excluding carboxylic acids is 1. The molecule has 3 aromatic rings. The molecular weight excluding hydrogens is 498 g/mol. The van der Waals surface area contributed by atoms with Gasteiger partial charge in [0.15, 0.2) is 0 Å². The van der Waals surface area contributed by atoms with Gasteiger partial charge in [0, 0.05) is 40.5 Å². The van der Waals surface area contributed by atoms with Gasteiger partial charge in [0.2, 0.25) is 5.91 Å². The summed E-state index contributed by atoms with van der Waals surface area (Å²) in [5.41, 5.74) is 3.71. The van der Waals surface area contributed by atoms with Crippen molar-refractivity contribution in [2.24, 2.45) is 5.92 Å². The second-order valence-electron chi connectivity index (χ2n) is 10.0. The van der Waals surface area contributed by atoms with Crippen molar-refractivity contribution in [3.63, 3.8) is 0 Å². The number of carbonyl (C=O) groups is 1. The Balaban J connectivity index is 1.43. The van der Waals surface area contributed by atoms with Crippen LogP contribution in [0, 0.1) is 5.92 Å². The highest BCUT2D eigenvalue weighted by molar-refractivity contribution is 8.00. The molecule has 3 aromatic carbocycles. The summed E-state index contributed by atoms with van der Waals surface area (Å²) in [6, 6.07) is 27.0. The number of nitrogens with zero attached hydrogens (tertiary/aromatic N) is 1. The zero-order chi connectivity index (χ0) is 26.3. The highest BCUT2D eigenvalue weighted by atomic mass is 32.2. The van der Waals surface area contributed by atoms with Crippen LogP contribution in [0.15, 0.2) is 78.9 Å². The van der Waals surface area contributed by atoms with Crippen molar-refractivity contribution in [2.75, 3.05) is 20.0 Å². The van der Waals surface area contributed by atoms with Crippen molar-refractivity contribution < 1.29 is 14.3 Å². The molecule has 2 atom stereocenters. The lowest BCUT2D eigenvalue weighted by Gasteiger charge is -2.37. The van der Waals surface area contributed by atoms with Crippen molar-refractivity contribution in [1.82, 2.24) is 4.90 Å². The number of amides is 1. The fraction of sp³-hybridized carbons (Fsp3) is 0.387. The van der Waals surface area contributed by atoms with Crippen molar-refractivity contribution >= 4 is 29.4 Å². The Labute approximate surface area is 230 Å². The van der Waals surface area contributed by atoms with Crippen LogP contribution in [0.25, 0.3) is 0 Å². The van der Waals surface area contributed by atoms with Crippen LogP contribution < -0.4 is 9.47 Å². The number of methoxy groups -OCH3 is 2. The maximum absolute atomic E-state index is 13.7. The first-order valence-corrected chi connectivity index (χ1v) is 14.9. The molecule has 0 aromatic heterocycles. The van der Waals surface area contributed by atoms with Gasteiger partial charge in [0.1, 0.15) is 11.5 Å². The Hall–Kier alpha value is -2.57. The maximum atomic E-state index is 13.7. The highest BCUT2D eigenvalue weighted by Gasteiger charge is 2.46. The highest BCUT2D eigenvalue weighted by Crippen LogP contribution is 2.42. The third-order valence-corrected chi connectivity index (χ3v) is 9.70. The lowest BCUT2D eigenvalue weighted by Crippen LogP contribution is -2.45. The molecule has 4 nitrogen and oxygen atoms in total. The van der Waals surface area contributed by atoms with Crippen LogP contribution in [0.5, 0.6) is 11.5 Å². The summed E-state index contributed by atoms with van der Waals surface area (Å²) >= 11 is 3.78. The summed E-state index contributed by atoms with van der Waals surface area (Å²) in [5, 5.41) is 0. The molecule has 0 radical (unpaired) electrons. The standard InChI is InChI=1S/C31H37NO3S2/c1-31(2,37-21-25-12-16-28(35-4)17-13-25)29-18-26(22-36-20-24-10-14-27(34-3)15-11-24)30(33)32(29)19-23-8-6-5-7-9-23/h5-17,26,29H,18-22H2,1-4H3. The van der Waals surface area contributed by atoms with E-state index >= 15 is 0 Å². The Morgan fingerprint density at radius 2 is 1.38 bits per heavy atom. The van der Waals surface area contributed by atoms with Crippen LogP contribution in [0.2, 0.25) is 0 Å². The number of thioether (sulfide) groups is 2. The predicted octanol–water partition coefficient (Wildman–Crippen LogP) is 7.07. The Morgan fingerprint density at radius 3 is 1.95 bits per heavy atom. The Kier molecular flexibility index (Phi) is 9.49. The van der Waals surface area contributed by atoms with Gasteiger partial charge in [-0.2, -0.15) is 11.8 Å². The summed E-state index contributed by atoms with van der Waals surface area (Å²) in [6.07, 6.45) is 0.893. The molecule has 37 heavy (non-hydrogen) atoms. The molecule has 0 bridgehead atoms. The topological polar surface area (TPSA) is 38.8 Å². The Bertz CT molecular complexity index is 1130. The molecule has 0 spiro atoms. The Morgan fingerprint density at radius 1 is 0.811 bits per heavy atom. The van der Waals surface area contributed by atoms with E-state index in [1.54, 1.807) is 14.2 Å². The minimum absolute atomic E-state index is 0.0397. The molecule has 1 aliphatic heterocycles. The van der Waals surface area contributed by atoms with Crippen LogP contribution in [0.1, 0.15) is 37.0 Å². The van der Waals surface area contributed by atoms with Crippen molar-refractivity contribution in [3.8, 4) is 11.5 Å². The van der Waals surface area contributed by atoms with Gasteiger partial charge in [-0.05, 0) is 61.2 Å². The van der Waals surface area contributed by atoms with Gasteiger partial charge < -0.3 is 14.4 Å². The van der Waals surface area contributed by atoms with Gasteiger partial charge in [-0.1, -0.05) is 54.6 Å². The zero-order valence-corrected chi connectivity index (χ0v) is 23.8. The van der Waals surface area contributed by atoms with E-state index < -0.39 is 0 Å². The van der Waals surface area contributed by atoms with Gasteiger partial charge in [-0.15, -0.1) is 11.8 Å². The minimum atomic E-state index is -0.0836. The van der Waals surface area contributed by atoms with E-state index in [4.69, 9.17) is 9.47 Å². The lowest BCUT2D eigenvalue weighted by molar-refractivity contribution is -0.132. The van der Waals surface area contributed by atoms with E-state index in [-0.39, 0.29) is 22.6 Å². The second-order valence-corrected chi connectivity index (χ2v) is 12.7. The second kappa shape index (κ2) is 12.8. The average molecular weight is 536 g/mol. The molecule has 0 N–H and O–H groups in total. The molecule has 6 heteroatoms. The summed E-state index contributed by atoms with van der Waals surface area (Å²) in [4.78, 5) is 15.9. The van der Waals surface area contributed by atoms with Gasteiger partial charge in [0.05, 0.1) is 14.2 Å². The van der Waals surface area contributed by atoms with Crippen molar-refractivity contribution in [2.45, 2.75) is 49.1 Å². The minimum Gasteiger partial charge on any atom is -0.497 e. The zero-order valence-electron chi connectivity index (χ0n) is 22.2. The van der Waals surface area contributed by atoms with Crippen LogP contribution in [-0.2, 0) is 22.8 Å². The number of likely N-dealkylation sites (tertiary alicyclic amines) is 1. The van der Waals surface area contributed by atoms with Gasteiger partial charge in [-0.25, -0.2) is 0 Å². The summed E-state index contributed by atoms with van der Waals surface area (Å²) in [6.45, 7) is 5.25. The van der Waals surface area contributed by atoms with E-state index in [1.807, 2.05) is 53.9 Å². The number of hydrogen-bond donors (Lipinski definition) is 0. The normalized spacial score (nSPS) is 17.7. The maximum Gasteiger partial charge on any atom is 0.227 e. The number of ether oxygens (including phenoxy) is 2. The molecule has 1 aliphatic rings. The predicted molar refractivity (Wildman–Crippen MR) is 156 cm³/mol. The van der Waals surface area contributed by atoms with Gasteiger partial charge in [-0.3, -0.25) is 4.79 Å². The molecule has 196 valence electrons. The fourth-order valence-electron chi connectivity index (χ4n) is 4.78. The number of benzene rings is 3. The average Bonchev–Trinajstić information content (AvgIpc) is 3.24. The van der Waals surface area contributed by atoms with Crippen LogP contribution in [0.4, 0.5) is 0 Å². The van der Waals surface area contributed by atoms with Crippen LogP contribution >= 0.6 is 23.5 Å². The van der Waals surface area contributed by atoms with Crippen LogP contribution in [-0.4, -0.2) is 41.6 Å². The molecule has 1 amide bonds. The smallest absolute Gasteiger partial charge is 0.227 e. The molecule has 2 unspecified atom stereocenters. The molecular formula is C31H37NO3S2. The number of rotatable bonds is 12. The molecule has 0 saturated carbocycles. The van der Waals surface area contributed by atoms with Crippen LogP contribution in [0.3, 0.4) is 0 Å². The van der Waals surface area contributed by atoms with Gasteiger partial charge >= 0.3 is 0 Å². The molecule has 4 rings (SSSR count). The largest absolute Gasteiger partial charge is 0.497 e. The first kappa shape index (κ1) is 27.5. The van der Waals surface area contributed by atoms with Crippen molar-refractivity contribution in [1.29, 1.82) is 0 Å². The number of hydrogen-bond acceptors (Lipinski definition) is 5. The fourth-order valence-corrected chi connectivity index (χ4v) is 7.04. The van der Waals surface area contributed by atoms with E-state index in [1.165, 1.54) is 16.7 Å². The quantitative estimate of drug-likeness (QED) is 0.248. The lowest BCUT2D eigenvalue weighted by atomic mass is 9.97. The SMILES string of the molecule is COc1ccc(CSCC2CC(C(C)(C)SCc3ccc(OC)cc3)N(Cc3ccccc3)C2=O)cc1. The molecule has 1 saturated heterocycles. The van der Waals surface area contributed by atoms with E-state index in [0.29, 0.717) is 6.54 Å². The molecule has 0 aliphatic carbocycles. The van der Waals surface area contributed by atoms with E-state index in [2.05, 4.69) is 67.3 Å².